The number of carbonyl (C=O) groups excluding carboxylic acids is 1. The molecule has 0 amide bonds. The summed E-state index contributed by atoms with van der Waals surface area (Å²) in [6, 6.07) is 0.323. The first kappa shape index (κ1) is 12.0. The van der Waals surface area contributed by atoms with Crippen molar-refractivity contribution < 1.29 is 9.53 Å². The highest BCUT2D eigenvalue weighted by atomic mass is 16.5. The van der Waals surface area contributed by atoms with Gasteiger partial charge in [-0.25, -0.2) is 0 Å². The highest BCUT2D eigenvalue weighted by Crippen LogP contribution is 2.34. The maximum atomic E-state index is 11.9. The van der Waals surface area contributed by atoms with Gasteiger partial charge in [0.2, 0.25) is 0 Å². The van der Waals surface area contributed by atoms with Gasteiger partial charge in [0.1, 0.15) is 5.41 Å². The fraction of sp³-hybridized carbons (Fsp3) is 0.500. The summed E-state index contributed by atoms with van der Waals surface area (Å²) in [5, 5.41) is 3.41. The SMILES string of the molecule is CCOC(=O)C(C)(C)C1=CC2=CC=CCC2N1. The molecule has 0 spiro atoms. The molecule has 1 aliphatic heterocycles. The molecule has 0 saturated carbocycles. The maximum absolute atomic E-state index is 11.9. The Bertz CT molecular complexity index is 416. The molecule has 1 unspecified atom stereocenters. The first-order chi connectivity index (χ1) is 8.05. The molecule has 17 heavy (non-hydrogen) atoms. The lowest BCUT2D eigenvalue weighted by atomic mass is 9.89. The van der Waals surface area contributed by atoms with Gasteiger partial charge in [0.05, 0.1) is 12.6 Å². The lowest BCUT2D eigenvalue weighted by Gasteiger charge is -2.25. The van der Waals surface area contributed by atoms with Crippen molar-refractivity contribution in [2.75, 3.05) is 6.61 Å². The topological polar surface area (TPSA) is 38.3 Å². The summed E-state index contributed by atoms with van der Waals surface area (Å²) in [7, 11) is 0. The van der Waals surface area contributed by atoms with Crippen LogP contribution in [0.3, 0.4) is 0 Å². The molecule has 0 aromatic carbocycles. The molecular weight excluding hydrogens is 214 g/mol. The number of allylic oxidation sites excluding steroid dienone is 2. The second kappa shape index (κ2) is 4.40. The molecule has 2 rings (SSSR count). The molecule has 0 aromatic heterocycles. The van der Waals surface area contributed by atoms with Crippen LogP contribution < -0.4 is 5.32 Å². The number of ether oxygens (including phenoxy) is 1. The van der Waals surface area contributed by atoms with Crippen molar-refractivity contribution in [1.29, 1.82) is 0 Å². The van der Waals surface area contributed by atoms with Gasteiger partial charge < -0.3 is 10.1 Å². The lowest BCUT2D eigenvalue weighted by molar-refractivity contribution is -0.151. The van der Waals surface area contributed by atoms with E-state index in [-0.39, 0.29) is 5.97 Å². The molecule has 0 radical (unpaired) electrons. The molecule has 1 N–H and O–H groups in total. The Labute approximate surface area is 102 Å². The highest BCUT2D eigenvalue weighted by Gasteiger charge is 2.38. The van der Waals surface area contributed by atoms with Crippen LogP contribution in [0.1, 0.15) is 27.2 Å². The number of hydrogen-bond acceptors (Lipinski definition) is 3. The molecule has 3 heteroatoms. The number of rotatable bonds is 3. The minimum atomic E-state index is -0.603. The van der Waals surface area contributed by atoms with Crippen LogP contribution in [0, 0.1) is 5.41 Å². The molecule has 92 valence electrons. The van der Waals surface area contributed by atoms with Crippen LogP contribution >= 0.6 is 0 Å². The van der Waals surface area contributed by atoms with Crippen molar-refractivity contribution >= 4 is 5.97 Å². The van der Waals surface area contributed by atoms with Gasteiger partial charge in [0.15, 0.2) is 0 Å². The molecule has 1 atom stereocenters. The van der Waals surface area contributed by atoms with Gasteiger partial charge in [-0.15, -0.1) is 0 Å². The molecule has 1 heterocycles. The Morgan fingerprint density at radius 2 is 2.35 bits per heavy atom. The van der Waals surface area contributed by atoms with Crippen LogP contribution in [0.4, 0.5) is 0 Å². The van der Waals surface area contributed by atoms with E-state index >= 15 is 0 Å². The van der Waals surface area contributed by atoms with Crippen LogP contribution in [0.2, 0.25) is 0 Å². The second-order valence-corrected chi connectivity index (χ2v) is 4.93. The lowest BCUT2D eigenvalue weighted by Crippen LogP contribution is -2.36. The standard InChI is InChI=1S/C14H19NO2/c1-4-17-13(16)14(2,3)12-9-10-7-5-6-8-11(10)15-12/h5-7,9,11,15H,4,8H2,1-3H3. The normalized spacial score (nSPS) is 22.4. The molecule has 0 aromatic rings. The van der Waals surface area contributed by atoms with Gasteiger partial charge >= 0.3 is 5.97 Å². The van der Waals surface area contributed by atoms with Crippen molar-refractivity contribution in [3.8, 4) is 0 Å². The van der Waals surface area contributed by atoms with E-state index in [1.165, 1.54) is 5.57 Å². The third kappa shape index (κ3) is 2.14. The number of nitrogens with one attached hydrogen (secondary N) is 1. The zero-order valence-electron chi connectivity index (χ0n) is 10.6. The molecule has 3 nitrogen and oxygen atoms in total. The summed E-state index contributed by atoms with van der Waals surface area (Å²) in [4.78, 5) is 11.9. The predicted molar refractivity (Wildman–Crippen MR) is 67.3 cm³/mol. The Morgan fingerprint density at radius 3 is 3.00 bits per heavy atom. The van der Waals surface area contributed by atoms with Crippen molar-refractivity contribution in [2.24, 2.45) is 5.41 Å². The maximum Gasteiger partial charge on any atom is 0.317 e. The van der Waals surface area contributed by atoms with Gasteiger partial charge in [0.25, 0.3) is 0 Å². The first-order valence-corrected chi connectivity index (χ1v) is 6.08. The molecule has 0 fully saturated rings. The minimum Gasteiger partial charge on any atom is -0.465 e. The van der Waals surface area contributed by atoms with Gasteiger partial charge in [-0.2, -0.15) is 0 Å². The average Bonchev–Trinajstić information content (AvgIpc) is 2.73. The van der Waals surface area contributed by atoms with E-state index in [9.17, 15) is 4.79 Å². The van der Waals surface area contributed by atoms with Gasteiger partial charge in [-0.05, 0) is 38.8 Å². The van der Waals surface area contributed by atoms with E-state index in [0.29, 0.717) is 12.6 Å². The Hall–Kier alpha value is -1.51. The molecule has 0 saturated heterocycles. The number of fused-ring (bicyclic) bond motifs is 1. The van der Waals surface area contributed by atoms with Gasteiger partial charge in [0, 0.05) is 5.70 Å². The second-order valence-electron chi connectivity index (χ2n) is 4.93. The van der Waals surface area contributed by atoms with Crippen LogP contribution in [-0.2, 0) is 9.53 Å². The third-order valence-corrected chi connectivity index (χ3v) is 3.30. The van der Waals surface area contributed by atoms with Crippen molar-refractivity contribution in [3.63, 3.8) is 0 Å². The third-order valence-electron chi connectivity index (χ3n) is 3.30. The van der Waals surface area contributed by atoms with E-state index in [0.717, 1.165) is 12.1 Å². The van der Waals surface area contributed by atoms with E-state index in [4.69, 9.17) is 4.74 Å². The summed E-state index contributed by atoms with van der Waals surface area (Å²) < 4.78 is 5.12. The Balaban J connectivity index is 2.19. The van der Waals surface area contributed by atoms with Gasteiger partial charge in [-0.3, -0.25) is 4.79 Å². The van der Waals surface area contributed by atoms with Crippen LogP contribution in [0.15, 0.2) is 35.6 Å². The minimum absolute atomic E-state index is 0.175. The summed E-state index contributed by atoms with van der Waals surface area (Å²) >= 11 is 0. The first-order valence-electron chi connectivity index (χ1n) is 6.08. The van der Waals surface area contributed by atoms with E-state index in [1.54, 1.807) is 0 Å². The van der Waals surface area contributed by atoms with Crippen LogP contribution in [-0.4, -0.2) is 18.6 Å². The van der Waals surface area contributed by atoms with Crippen LogP contribution in [0.25, 0.3) is 0 Å². The summed E-state index contributed by atoms with van der Waals surface area (Å²) in [6.45, 7) is 6.05. The highest BCUT2D eigenvalue weighted by molar-refractivity contribution is 5.80. The Morgan fingerprint density at radius 1 is 1.59 bits per heavy atom. The van der Waals surface area contributed by atoms with E-state index < -0.39 is 5.41 Å². The monoisotopic (exact) mass is 233 g/mol. The van der Waals surface area contributed by atoms with Crippen molar-refractivity contribution in [1.82, 2.24) is 5.32 Å². The summed E-state index contributed by atoms with van der Waals surface area (Å²) in [5.74, 6) is -0.175. The molecule has 2 aliphatic rings. The number of carbonyl (C=O) groups is 1. The zero-order chi connectivity index (χ0) is 12.5. The average molecular weight is 233 g/mol. The van der Waals surface area contributed by atoms with Gasteiger partial charge in [-0.1, -0.05) is 18.2 Å². The fourth-order valence-corrected chi connectivity index (χ4v) is 2.12. The fourth-order valence-electron chi connectivity index (χ4n) is 2.12. The summed E-state index contributed by atoms with van der Waals surface area (Å²) in [6.07, 6.45) is 9.34. The zero-order valence-corrected chi connectivity index (χ0v) is 10.6. The van der Waals surface area contributed by atoms with E-state index in [2.05, 4.69) is 29.6 Å². The smallest absolute Gasteiger partial charge is 0.317 e. The number of hydrogen-bond donors (Lipinski definition) is 1. The Kier molecular flexibility index (Phi) is 3.09. The van der Waals surface area contributed by atoms with E-state index in [1.807, 2.05) is 20.8 Å². The summed E-state index contributed by atoms with van der Waals surface area (Å²) in [5.41, 5.74) is 1.60. The molecular formula is C14H19NO2. The van der Waals surface area contributed by atoms with Crippen molar-refractivity contribution in [3.05, 3.63) is 35.6 Å². The largest absolute Gasteiger partial charge is 0.465 e. The molecule has 0 bridgehead atoms. The predicted octanol–water partition coefficient (Wildman–Crippen LogP) is 2.32. The van der Waals surface area contributed by atoms with Crippen LogP contribution in [0.5, 0.6) is 0 Å². The number of esters is 1. The van der Waals surface area contributed by atoms with Crippen molar-refractivity contribution in [2.45, 2.75) is 33.2 Å². The quantitative estimate of drug-likeness (QED) is 0.760. The molecule has 1 aliphatic carbocycles.